The minimum Gasteiger partial charge on any atom is -0.382 e. The van der Waals surface area contributed by atoms with Crippen molar-refractivity contribution in [2.45, 2.75) is 39.8 Å². The average Bonchev–Trinajstić information content (AvgIpc) is 2.66. The van der Waals surface area contributed by atoms with Crippen LogP contribution in [0.1, 0.15) is 43.1 Å². The van der Waals surface area contributed by atoms with Crippen LogP contribution in [-0.4, -0.2) is 31.0 Å². The van der Waals surface area contributed by atoms with Crippen molar-refractivity contribution in [1.29, 1.82) is 0 Å². The van der Waals surface area contributed by atoms with Gasteiger partial charge in [0.2, 0.25) is 0 Å². The number of carbonyl (C=O) groups is 1. The minimum absolute atomic E-state index is 0.0459. The quantitative estimate of drug-likeness (QED) is 0.602. The van der Waals surface area contributed by atoms with E-state index in [4.69, 9.17) is 15.8 Å². The molecule has 0 unspecified atom stereocenters. The van der Waals surface area contributed by atoms with Gasteiger partial charge in [-0.1, -0.05) is 30.7 Å². The fourth-order valence-electron chi connectivity index (χ4n) is 2.46. The van der Waals surface area contributed by atoms with Crippen molar-refractivity contribution in [3.63, 3.8) is 0 Å². The molecular formula is C20H24ClNO4S. The first-order chi connectivity index (χ1) is 12.8. The van der Waals surface area contributed by atoms with Gasteiger partial charge in [0.15, 0.2) is 0 Å². The van der Waals surface area contributed by atoms with Gasteiger partial charge in [0.05, 0.1) is 5.75 Å². The number of benzene rings is 2. The molecule has 146 valence electrons. The van der Waals surface area contributed by atoms with Crippen LogP contribution >= 0.6 is 11.6 Å². The van der Waals surface area contributed by atoms with E-state index >= 15 is 0 Å². The van der Waals surface area contributed by atoms with Crippen LogP contribution in [0.2, 0.25) is 5.02 Å². The molecule has 0 saturated carbocycles. The SMILES string of the molecule is CC[C@@H](C)N(Cc1ccc(OS(=O)(=O)CC)cc1)C(=O)c1ccc(Cl)cc1. The zero-order valence-corrected chi connectivity index (χ0v) is 17.3. The van der Waals surface area contributed by atoms with Crippen molar-refractivity contribution >= 4 is 27.6 Å². The molecule has 0 aliphatic rings. The van der Waals surface area contributed by atoms with Crippen LogP contribution in [0.15, 0.2) is 48.5 Å². The normalized spacial score (nSPS) is 12.4. The Morgan fingerprint density at radius 1 is 1.07 bits per heavy atom. The van der Waals surface area contributed by atoms with E-state index in [1.54, 1.807) is 53.4 Å². The highest BCUT2D eigenvalue weighted by molar-refractivity contribution is 7.87. The molecule has 2 aromatic rings. The number of hydrogen-bond acceptors (Lipinski definition) is 4. The van der Waals surface area contributed by atoms with Crippen LogP contribution in [-0.2, 0) is 16.7 Å². The van der Waals surface area contributed by atoms with E-state index in [2.05, 4.69) is 0 Å². The summed E-state index contributed by atoms with van der Waals surface area (Å²) < 4.78 is 28.1. The van der Waals surface area contributed by atoms with Crippen LogP contribution in [0.3, 0.4) is 0 Å². The molecule has 0 heterocycles. The summed E-state index contributed by atoms with van der Waals surface area (Å²) in [5.74, 6) is 0.0983. The second-order valence-electron chi connectivity index (χ2n) is 6.27. The van der Waals surface area contributed by atoms with E-state index in [-0.39, 0.29) is 23.5 Å². The molecule has 27 heavy (non-hydrogen) atoms. The number of amides is 1. The first-order valence-electron chi connectivity index (χ1n) is 8.83. The van der Waals surface area contributed by atoms with E-state index in [0.29, 0.717) is 17.1 Å². The summed E-state index contributed by atoms with van der Waals surface area (Å²) in [5.41, 5.74) is 1.47. The highest BCUT2D eigenvalue weighted by Crippen LogP contribution is 2.20. The number of carbonyl (C=O) groups excluding carboxylic acids is 1. The number of nitrogens with zero attached hydrogens (tertiary/aromatic N) is 1. The topological polar surface area (TPSA) is 63.7 Å². The fourth-order valence-corrected chi connectivity index (χ4v) is 3.11. The predicted octanol–water partition coefficient (Wildman–Crippen LogP) is 4.51. The Morgan fingerprint density at radius 2 is 1.67 bits per heavy atom. The lowest BCUT2D eigenvalue weighted by Crippen LogP contribution is -2.37. The Balaban J connectivity index is 2.18. The molecule has 0 saturated heterocycles. The largest absolute Gasteiger partial charge is 0.382 e. The van der Waals surface area contributed by atoms with Gasteiger partial charge in [-0.25, -0.2) is 0 Å². The third kappa shape index (κ3) is 5.97. The van der Waals surface area contributed by atoms with Crippen molar-refractivity contribution < 1.29 is 17.4 Å². The van der Waals surface area contributed by atoms with E-state index < -0.39 is 10.1 Å². The molecule has 2 rings (SSSR count). The van der Waals surface area contributed by atoms with Crippen molar-refractivity contribution in [3.05, 3.63) is 64.7 Å². The molecule has 0 bridgehead atoms. The maximum absolute atomic E-state index is 12.9. The summed E-state index contributed by atoms with van der Waals surface area (Å²) in [7, 11) is -3.55. The van der Waals surface area contributed by atoms with E-state index in [0.717, 1.165) is 12.0 Å². The zero-order chi connectivity index (χ0) is 20.0. The van der Waals surface area contributed by atoms with E-state index in [9.17, 15) is 13.2 Å². The first kappa shape index (κ1) is 21.3. The van der Waals surface area contributed by atoms with Crippen molar-refractivity contribution in [2.75, 3.05) is 5.75 Å². The monoisotopic (exact) mass is 409 g/mol. The third-order valence-electron chi connectivity index (χ3n) is 4.33. The second-order valence-corrected chi connectivity index (χ2v) is 8.57. The molecule has 0 aliphatic carbocycles. The molecule has 7 heteroatoms. The Kier molecular flexibility index (Phi) is 7.27. The van der Waals surface area contributed by atoms with Gasteiger partial charge in [-0.15, -0.1) is 0 Å². The lowest BCUT2D eigenvalue weighted by Gasteiger charge is -2.29. The van der Waals surface area contributed by atoms with E-state index in [1.165, 1.54) is 6.92 Å². The van der Waals surface area contributed by atoms with Crippen LogP contribution in [0.5, 0.6) is 5.75 Å². The molecule has 0 spiro atoms. The first-order valence-corrected chi connectivity index (χ1v) is 10.8. The highest BCUT2D eigenvalue weighted by Gasteiger charge is 2.21. The molecule has 0 aromatic heterocycles. The maximum atomic E-state index is 12.9. The predicted molar refractivity (Wildman–Crippen MR) is 108 cm³/mol. The smallest absolute Gasteiger partial charge is 0.308 e. The summed E-state index contributed by atoms with van der Waals surface area (Å²) in [6.45, 7) is 5.96. The molecule has 0 fully saturated rings. The van der Waals surface area contributed by atoms with Gasteiger partial charge in [0.25, 0.3) is 5.91 Å². The lowest BCUT2D eigenvalue weighted by atomic mass is 10.1. The highest BCUT2D eigenvalue weighted by atomic mass is 35.5. The van der Waals surface area contributed by atoms with Gasteiger partial charge in [0.1, 0.15) is 5.75 Å². The molecule has 0 radical (unpaired) electrons. The Bertz CT molecular complexity index is 864. The maximum Gasteiger partial charge on any atom is 0.308 e. The Hall–Kier alpha value is -2.05. The summed E-state index contributed by atoms with van der Waals surface area (Å²) in [6, 6.07) is 13.6. The summed E-state index contributed by atoms with van der Waals surface area (Å²) in [6.07, 6.45) is 0.815. The van der Waals surface area contributed by atoms with Gasteiger partial charge >= 0.3 is 10.1 Å². The van der Waals surface area contributed by atoms with Crippen molar-refractivity contribution in [1.82, 2.24) is 4.90 Å². The molecule has 1 amide bonds. The van der Waals surface area contributed by atoms with Crippen LogP contribution in [0.25, 0.3) is 0 Å². The molecule has 0 N–H and O–H groups in total. The Morgan fingerprint density at radius 3 is 2.19 bits per heavy atom. The van der Waals surface area contributed by atoms with Crippen molar-refractivity contribution in [2.24, 2.45) is 0 Å². The molecule has 1 atom stereocenters. The van der Waals surface area contributed by atoms with Crippen molar-refractivity contribution in [3.8, 4) is 5.75 Å². The number of rotatable bonds is 8. The van der Waals surface area contributed by atoms with Gasteiger partial charge in [-0.3, -0.25) is 4.79 Å². The lowest BCUT2D eigenvalue weighted by molar-refractivity contribution is 0.0671. The van der Waals surface area contributed by atoms with Gasteiger partial charge in [-0.05, 0) is 62.2 Å². The van der Waals surface area contributed by atoms with Crippen LogP contribution in [0, 0.1) is 0 Å². The minimum atomic E-state index is -3.55. The fraction of sp³-hybridized carbons (Fsp3) is 0.350. The molecular weight excluding hydrogens is 386 g/mol. The summed E-state index contributed by atoms with van der Waals surface area (Å²) in [4.78, 5) is 14.7. The van der Waals surface area contributed by atoms with Crippen LogP contribution < -0.4 is 4.18 Å². The van der Waals surface area contributed by atoms with Crippen LogP contribution in [0.4, 0.5) is 0 Å². The van der Waals surface area contributed by atoms with Gasteiger partial charge in [0, 0.05) is 23.2 Å². The standard InChI is InChI=1S/C20H24ClNO4S/c1-4-15(3)22(20(23)17-8-10-18(21)11-9-17)14-16-6-12-19(13-7-16)26-27(24,25)5-2/h6-13,15H,4-5,14H2,1-3H3/t15-/m1/s1. The zero-order valence-electron chi connectivity index (χ0n) is 15.7. The average molecular weight is 410 g/mol. The molecule has 2 aromatic carbocycles. The summed E-state index contributed by atoms with van der Waals surface area (Å²) >= 11 is 5.91. The summed E-state index contributed by atoms with van der Waals surface area (Å²) in [5, 5.41) is 0.583. The molecule has 5 nitrogen and oxygen atoms in total. The van der Waals surface area contributed by atoms with Gasteiger partial charge in [-0.2, -0.15) is 8.42 Å². The number of hydrogen-bond donors (Lipinski definition) is 0. The third-order valence-corrected chi connectivity index (χ3v) is 5.73. The van der Waals surface area contributed by atoms with Gasteiger partial charge < -0.3 is 9.08 Å². The number of halogens is 1. The molecule has 0 aliphatic heterocycles. The van der Waals surface area contributed by atoms with E-state index in [1.807, 2.05) is 13.8 Å². The Labute approximate surface area is 166 Å². The second kappa shape index (κ2) is 9.24.